The molecule has 2 heterocycles. The van der Waals surface area contributed by atoms with Gasteiger partial charge < -0.3 is 4.57 Å². The quantitative estimate of drug-likeness (QED) is 0.716. The molecule has 0 bridgehead atoms. The highest BCUT2D eigenvalue weighted by Crippen LogP contribution is 2.22. The number of aryl methyl sites for hydroxylation is 1. The van der Waals surface area contributed by atoms with E-state index in [1.54, 1.807) is 4.57 Å². The van der Waals surface area contributed by atoms with E-state index in [0.717, 1.165) is 22.0 Å². The number of aromatic nitrogens is 3. The number of fused-ring (bicyclic) bond motifs is 1. The van der Waals surface area contributed by atoms with E-state index < -0.39 is 0 Å². The smallest absolute Gasteiger partial charge is 0.258 e. The fraction of sp³-hybridized carbons (Fsp3) is 0.250. The molecule has 0 saturated heterocycles. The van der Waals surface area contributed by atoms with Crippen molar-refractivity contribution in [2.24, 2.45) is 7.05 Å². The lowest BCUT2D eigenvalue weighted by Crippen LogP contribution is -2.22. The number of nitrogens with zero attached hydrogens (tertiary/aromatic N) is 3. The zero-order valence-electron chi connectivity index (χ0n) is 11.9. The standard InChI is InChI=1S/C16H17N3O/c1-11(2)19-8-4-5-14(16(19)20)12-6-7-15-13(9-12)10-17-18(15)3/h4-11H,1-3H3. The van der Waals surface area contributed by atoms with Gasteiger partial charge in [-0.3, -0.25) is 9.48 Å². The molecule has 0 unspecified atom stereocenters. The van der Waals surface area contributed by atoms with Gasteiger partial charge in [0.15, 0.2) is 0 Å². The summed E-state index contributed by atoms with van der Waals surface area (Å²) in [4.78, 5) is 12.5. The molecule has 0 atom stereocenters. The van der Waals surface area contributed by atoms with Crippen LogP contribution in [0.2, 0.25) is 0 Å². The Labute approximate surface area is 117 Å². The van der Waals surface area contributed by atoms with Gasteiger partial charge in [0.25, 0.3) is 5.56 Å². The first-order chi connectivity index (χ1) is 9.58. The monoisotopic (exact) mass is 267 g/mol. The summed E-state index contributed by atoms with van der Waals surface area (Å²) in [6.07, 6.45) is 3.65. The Morgan fingerprint density at radius 3 is 2.75 bits per heavy atom. The van der Waals surface area contributed by atoms with Gasteiger partial charge in [0.1, 0.15) is 0 Å². The Morgan fingerprint density at radius 1 is 1.20 bits per heavy atom. The summed E-state index contributed by atoms with van der Waals surface area (Å²) in [6.45, 7) is 4.02. The topological polar surface area (TPSA) is 39.8 Å². The van der Waals surface area contributed by atoms with E-state index in [2.05, 4.69) is 5.10 Å². The molecule has 20 heavy (non-hydrogen) atoms. The Bertz CT molecular complexity index is 827. The molecule has 0 N–H and O–H groups in total. The zero-order valence-corrected chi connectivity index (χ0v) is 11.9. The summed E-state index contributed by atoms with van der Waals surface area (Å²) in [5, 5.41) is 5.28. The molecule has 102 valence electrons. The van der Waals surface area contributed by atoms with Gasteiger partial charge in [0.2, 0.25) is 0 Å². The highest BCUT2D eigenvalue weighted by molar-refractivity contribution is 5.84. The number of benzene rings is 1. The molecule has 0 spiro atoms. The van der Waals surface area contributed by atoms with Crippen LogP contribution in [0.15, 0.2) is 47.5 Å². The Hall–Kier alpha value is -2.36. The van der Waals surface area contributed by atoms with Crippen LogP contribution in [0.4, 0.5) is 0 Å². The number of pyridine rings is 1. The predicted octanol–water partition coefficient (Wildman–Crippen LogP) is 2.98. The van der Waals surface area contributed by atoms with Gasteiger partial charge in [-0.1, -0.05) is 6.07 Å². The minimum atomic E-state index is 0.0470. The molecule has 0 aliphatic rings. The van der Waals surface area contributed by atoms with Crippen LogP contribution in [-0.2, 0) is 7.05 Å². The lowest BCUT2D eigenvalue weighted by molar-refractivity contribution is 0.579. The number of rotatable bonds is 2. The van der Waals surface area contributed by atoms with Crippen molar-refractivity contribution in [3.05, 3.63) is 53.1 Å². The van der Waals surface area contributed by atoms with Crippen molar-refractivity contribution < 1.29 is 0 Å². The third-order valence-electron chi connectivity index (χ3n) is 3.59. The van der Waals surface area contributed by atoms with Crippen molar-refractivity contribution in [3.8, 4) is 11.1 Å². The predicted molar refractivity (Wildman–Crippen MR) is 80.8 cm³/mol. The lowest BCUT2D eigenvalue weighted by Gasteiger charge is -2.11. The van der Waals surface area contributed by atoms with Crippen molar-refractivity contribution in [1.29, 1.82) is 0 Å². The van der Waals surface area contributed by atoms with Gasteiger partial charge in [0, 0.05) is 30.2 Å². The third kappa shape index (κ3) is 1.93. The van der Waals surface area contributed by atoms with Crippen LogP contribution in [0.1, 0.15) is 19.9 Å². The molecule has 0 aliphatic carbocycles. The average Bonchev–Trinajstić information content (AvgIpc) is 2.80. The lowest BCUT2D eigenvalue weighted by atomic mass is 10.1. The van der Waals surface area contributed by atoms with Gasteiger partial charge in [0.05, 0.1) is 11.7 Å². The molecule has 3 rings (SSSR count). The normalized spacial score (nSPS) is 11.4. The van der Waals surface area contributed by atoms with Crippen LogP contribution in [0, 0.1) is 0 Å². The van der Waals surface area contributed by atoms with Gasteiger partial charge in [-0.05, 0) is 43.7 Å². The van der Waals surface area contributed by atoms with E-state index in [0.29, 0.717) is 0 Å². The maximum Gasteiger partial charge on any atom is 0.258 e. The molecule has 1 aromatic carbocycles. The summed E-state index contributed by atoms with van der Waals surface area (Å²) in [5.41, 5.74) is 2.78. The first-order valence-corrected chi connectivity index (χ1v) is 6.71. The molecule has 0 aliphatic heterocycles. The van der Waals surface area contributed by atoms with E-state index in [1.807, 2.05) is 68.3 Å². The van der Waals surface area contributed by atoms with E-state index in [4.69, 9.17) is 0 Å². The largest absolute Gasteiger partial charge is 0.313 e. The second-order valence-electron chi connectivity index (χ2n) is 5.27. The Kier molecular flexibility index (Phi) is 2.93. The molecule has 3 aromatic rings. The summed E-state index contributed by atoms with van der Waals surface area (Å²) in [5.74, 6) is 0. The van der Waals surface area contributed by atoms with Crippen LogP contribution >= 0.6 is 0 Å². The zero-order chi connectivity index (χ0) is 14.3. The second-order valence-corrected chi connectivity index (χ2v) is 5.27. The van der Waals surface area contributed by atoms with Crippen molar-refractivity contribution in [1.82, 2.24) is 14.3 Å². The third-order valence-corrected chi connectivity index (χ3v) is 3.59. The molecule has 0 saturated carbocycles. The van der Waals surface area contributed by atoms with Gasteiger partial charge in [-0.15, -0.1) is 0 Å². The van der Waals surface area contributed by atoms with E-state index in [9.17, 15) is 4.79 Å². The molecule has 4 nitrogen and oxygen atoms in total. The van der Waals surface area contributed by atoms with Crippen LogP contribution < -0.4 is 5.56 Å². The minimum absolute atomic E-state index is 0.0470. The van der Waals surface area contributed by atoms with Crippen LogP contribution in [-0.4, -0.2) is 14.3 Å². The summed E-state index contributed by atoms with van der Waals surface area (Å²) in [6, 6.07) is 9.95. The van der Waals surface area contributed by atoms with Crippen molar-refractivity contribution >= 4 is 10.9 Å². The molecule has 0 radical (unpaired) electrons. The van der Waals surface area contributed by atoms with Gasteiger partial charge in [-0.2, -0.15) is 5.10 Å². The summed E-state index contributed by atoms with van der Waals surface area (Å²) in [7, 11) is 1.91. The summed E-state index contributed by atoms with van der Waals surface area (Å²) < 4.78 is 3.58. The highest BCUT2D eigenvalue weighted by atomic mass is 16.1. The van der Waals surface area contributed by atoms with Crippen LogP contribution in [0.5, 0.6) is 0 Å². The SMILES string of the molecule is CC(C)n1cccc(-c2ccc3c(cnn3C)c2)c1=O. The van der Waals surface area contributed by atoms with E-state index in [-0.39, 0.29) is 11.6 Å². The van der Waals surface area contributed by atoms with Gasteiger partial charge >= 0.3 is 0 Å². The fourth-order valence-corrected chi connectivity index (χ4v) is 2.47. The van der Waals surface area contributed by atoms with Crippen LogP contribution in [0.3, 0.4) is 0 Å². The first-order valence-electron chi connectivity index (χ1n) is 6.71. The maximum absolute atomic E-state index is 12.5. The van der Waals surface area contributed by atoms with E-state index >= 15 is 0 Å². The van der Waals surface area contributed by atoms with Crippen LogP contribution in [0.25, 0.3) is 22.0 Å². The number of hydrogen-bond acceptors (Lipinski definition) is 2. The van der Waals surface area contributed by atoms with Crippen molar-refractivity contribution in [2.75, 3.05) is 0 Å². The molecule has 0 fully saturated rings. The second kappa shape index (κ2) is 4.63. The molecular weight excluding hydrogens is 250 g/mol. The average molecular weight is 267 g/mol. The highest BCUT2D eigenvalue weighted by Gasteiger charge is 2.09. The Morgan fingerprint density at radius 2 is 2.00 bits per heavy atom. The summed E-state index contributed by atoms with van der Waals surface area (Å²) >= 11 is 0. The minimum Gasteiger partial charge on any atom is -0.313 e. The molecular formula is C16H17N3O. The van der Waals surface area contributed by atoms with Gasteiger partial charge in [-0.25, -0.2) is 0 Å². The first kappa shape index (κ1) is 12.7. The molecule has 2 aromatic heterocycles. The van der Waals surface area contributed by atoms with Crippen molar-refractivity contribution in [2.45, 2.75) is 19.9 Å². The van der Waals surface area contributed by atoms with Crippen molar-refractivity contribution in [3.63, 3.8) is 0 Å². The Balaban J connectivity index is 2.20. The molecule has 4 heteroatoms. The van der Waals surface area contributed by atoms with E-state index in [1.165, 1.54) is 0 Å². The fourth-order valence-electron chi connectivity index (χ4n) is 2.47. The number of hydrogen-bond donors (Lipinski definition) is 0. The maximum atomic E-state index is 12.5. The molecule has 0 amide bonds.